The van der Waals surface area contributed by atoms with Gasteiger partial charge >= 0.3 is 0 Å². The molecular formula is C16H18O2. The zero-order valence-electron chi connectivity index (χ0n) is 11.3. The Morgan fingerprint density at radius 1 is 1.22 bits per heavy atom. The summed E-state index contributed by atoms with van der Waals surface area (Å²) in [5.41, 5.74) is 5.68. The summed E-state index contributed by atoms with van der Waals surface area (Å²) in [7, 11) is 1.61. The molecule has 0 N–H and O–H groups in total. The second-order valence-electron chi connectivity index (χ2n) is 4.80. The topological polar surface area (TPSA) is 26.3 Å². The molecule has 1 aliphatic carbocycles. The van der Waals surface area contributed by atoms with Gasteiger partial charge in [-0.15, -0.1) is 0 Å². The van der Waals surface area contributed by atoms with Crippen molar-refractivity contribution in [3.05, 3.63) is 52.1 Å². The number of hydrogen-bond donors (Lipinski definition) is 0. The van der Waals surface area contributed by atoms with Crippen molar-refractivity contribution in [1.29, 1.82) is 0 Å². The molecular weight excluding hydrogens is 224 g/mol. The number of methoxy groups -OCH3 is 1. The summed E-state index contributed by atoms with van der Waals surface area (Å²) in [6.07, 6.45) is 3.10. The molecule has 1 aromatic carbocycles. The van der Waals surface area contributed by atoms with Crippen molar-refractivity contribution in [3.63, 3.8) is 0 Å². The Kier molecular flexibility index (Phi) is 3.37. The molecule has 94 valence electrons. The molecule has 0 saturated heterocycles. The van der Waals surface area contributed by atoms with E-state index in [1.54, 1.807) is 13.2 Å². The first kappa shape index (κ1) is 12.6. The van der Waals surface area contributed by atoms with Crippen LogP contribution in [0.2, 0.25) is 0 Å². The Morgan fingerprint density at radius 3 is 2.44 bits per heavy atom. The maximum absolute atomic E-state index is 11.3. The van der Waals surface area contributed by atoms with E-state index < -0.39 is 0 Å². The quantitative estimate of drug-likeness (QED) is 0.752. The maximum atomic E-state index is 11.3. The monoisotopic (exact) mass is 242 g/mol. The van der Waals surface area contributed by atoms with Gasteiger partial charge in [0.15, 0.2) is 0 Å². The van der Waals surface area contributed by atoms with Crippen LogP contribution >= 0.6 is 0 Å². The number of rotatable bonds is 3. The lowest BCUT2D eigenvalue weighted by molar-refractivity contribution is 0.112. The summed E-state index contributed by atoms with van der Waals surface area (Å²) in [5, 5.41) is 0. The Morgan fingerprint density at radius 2 is 1.94 bits per heavy atom. The van der Waals surface area contributed by atoms with E-state index in [-0.39, 0.29) is 5.92 Å². The van der Waals surface area contributed by atoms with E-state index in [2.05, 4.69) is 26.8 Å². The van der Waals surface area contributed by atoms with Crippen molar-refractivity contribution < 1.29 is 9.53 Å². The number of allylic oxidation sites excluding steroid dienone is 4. The predicted octanol–water partition coefficient (Wildman–Crippen LogP) is 3.89. The summed E-state index contributed by atoms with van der Waals surface area (Å²) in [4.78, 5) is 11.3. The summed E-state index contributed by atoms with van der Waals surface area (Å²) >= 11 is 0. The van der Waals surface area contributed by atoms with Gasteiger partial charge in [-0.05, 0) is 38.5 Å². The maximum Gasteiger partial charge on any atom is 0.150 e. The van der Waals surface area contributed by atoms with E-state index in [0.717, 1.165) is 17.6 Å². The molecule has 2 rings (SSSR count). The van der Waals surface area contributed by atoms with Gasteiger partial charge in [0.05, 0.1) is 7.11 Å². The molecule has 2 heteroatoms. The summed E-state index contributed by atoms with van der Waals surface area (Å²) in [5.74, 6) is 0.954. The zero-order chi connectivity index (χ0) is 13.3. The number of hydrogen-bond acceptors (Lipinski definition) is 2. The fraction of sp³-hybridized carbons (Fsp3) is 0.312. The normalized spacial score (nSPS) is 18.9. The predicted molar refractivity (Wildman–Crippen MR) is 73.3 cm³/mol. The fourth-order valence-corrected chi connectivity index (χ4v) is 2.63. The van der Waals surface area contributed by atoms with Crippen molar-refractivity contribution in [2.75, 3.05) is 7.11 Å². The van der Waals surface area contributed by atoms with Crippen LogP contribution in [-0.4, -0.2) is 13.4 Å². The third-order valence-corrected chi connectivity index (χ3v) is 3.69. The number of carbonyl (C=O) groups excluding carboxylic acids is 1. The van der Waals surface area contributed by atoms with Crippen molar-refractivity contribution >= 4 is 6.29 Å². The lowest BCUT2D eigenvalue weighted by Gasteiger charge is -2.18. The van der Waals surface area contributed by atoms with Gasteiger partial charge < -0.3 is 4.74 Å². The van der Waals surface area contributed by atoms with Crippen LogP contribution in [0, 0.1) is 0 Å². The summed E-state index contributed by atoms with van der Waals surface area (Å²) in [6.45, 7) is 6.36. The van der Waals surface area contributed by atoms with E-state index in [1.807, 2.05) is 12.1 Å². The van der Waals surface area contributed by atoms with Gasteiger partial charge in [0.25, 0.3) is 0 Å². The molecule has 1 aromatic rings. The SMILES string of the molecule is COc1ccc(C2C(C)=CC(C)=C2C)c(C=O)c1. The highest BCUT2D eigenvalue weighted by Gasteiger charge is 2.24. The van der Waals surface area contributed by atoms with Crippen molar-refractivity contribution in [2.24, 2.45) is 0 Å². The molecule has 1 unspecified atom stereocenters. The van der Waals surface area contributed by atoms with Gasteiger partial charge in [-0.3, -0.25) is 4.79 Å². The van der Waals surface area contributed by atoms with E-state index in [9.17, 15) is 4.79 Å². The molecule has 0 aliphatic heterocycles. The molecule has 0 fully saturated rings. The molecule has 0 bridgehead atoms. The molecule has 0 aromatic heterocycles. The molecule has 0 heterocycles. The largest absolute Gasteiger partial charge is 0.497 e. The number of carbonyl (C=O) groups is 1. The summed E-state index contributed by atoms with van der Waals surface area (Å²) in [6, 6.07) is 5.71. The Bertz CT molecular complexity index is 550. The van der Waals surface area contributed by atoms with E-state index in [1.165, 1.54) is 16.7 Å². The molecule has 0 radical (unpaired) electrons. The first-order chi connectivity index (χ1) is 8.58. The van der Waals surface area contributed by atoms with E-state index in [0.29, 0.717) is 5.56 Å². The molecule has 1 atom stereocenters. The molecule has 18 heavy (non-hydrogen) atoms. The van der Waals surface area contributed by atoms with Crippen LogP contribution in [0.25, 0.3) is 0 Å². The minimum Gasteiger partial charge on any atom is -0.497 e. The fourth-order valence-electron chi connectivity index (χ4n) is 2.63. The molecule has 1 aliphatic rings. The van der Waals surface area contributed by atoms with Crippen LogP contribution in [0.3, 0.4) is 0 Å². The van der Waals surface area contributed by atoms with Gasteiger partial charge in [0, 0.05) is 11.5 Å². The molecule has 2 nitrogen and oxygen atoms in total. The van der Waals surface area contributed by atoms with Gasteiger partial charge in [0.1, 0.15) is 12.0 Å². The second-order valence-corrected chi connectivity index (χ2v) is 4.80. The average molecular weight is 242 g/mol. The Labute approximate surface area is 108 Å². The Balaban J connectivity index is 2.52. The molecule has 0 spiro atoms. The lowest BCUT2D eigenvalue weighted by Crippen LogP contribution is -2.03. The first-order valence-electron chi connectivity index (χ1n) is 6.07. The van der Waals surface area contributed by atoms with Crippen LogP contribution < -0.4 is 4.74 Å². The highest BCUT2D eigenvalue weighted by Crippen LogP contribution is 2.40. The average Bonchev–Trinajstić information content (AvgIpc) is 2.62. The minimum absolute atomic E-state index is 0.233. The van der Waals surface area contributed by atoms with Gasteiger partial charge in [0.2, 0.25) is 0 Å². The van der Waals surface area contributed by atoms with Gasteiger partial charge in [-0.1, -0.05) is 28.9 Å². The number of benzene rings is 1. The minimum atomic E-state index is 0.233. The van der Waals surface area contributed by atoms with Crippen molar-refractivity contribution in [1.82, 2.24) is 0 Å². The zero-order valence-corrected chi connectivity index (χ0v) is 11.3. The Hall–Kier alpha value is -1.83. The lowest BCUT2D eigenvalue weighted by atomic mass is 9.86. The standard InChI is InChI=1S/C16H18O2/c1-10-7-11(2)16(12(10)3)15-6-5-14(18-4)8-13(15)9-17/h5-9,16H,1-4H3. The smallest absolute Gasteiger partial charge is 0.150 e. The van der Waals surface area contributed by atoms with Gasteiger partial charge in [-0.2, -0.15) is 0 Å². The van der Waals surface area contributed by atoms with Crippen LogP contribution in [0.4, 0.5) is 0 Å². The molecule has 0 saturated carbocycles. The van der Waals surface area contributed by atoms with Crippen LogP contribution in [0.5, 0.6) is 5.75 Å². The summed E-state index contributed by atoms with van der Waals surface area (Å²) < 4.78 is 5.16. The van der Waals surface area contributed by atoms with Crippen molar-refractivity contribution in [3.8, 4) is 5.75 Å². The van der Waals surface area contributed by atoms with Crippen molar-refractivity contribution in [2.45, 2.75) is 26.7 Å². The third-order valence-electron chi connectivity index (χ3n) is 3.69. The number of aldehydes is 1. The third kappa shape index (κ3) is 1.99. The highest BCUT2D eigenvalue weighted by molar-refractivity contribution is 5.79. The van der Waals surface area contributed by atoms with Crippen LogP contribution in [-0.2, 0) is 0 Å². The van der Waals surface area contributed by atoms with Crippen LogP contribution in [0.1, 0.15) is 42.6 Å². The molecule has 0 amide bonds. The first-order valence-corrected chi connectivity index (χ1v) is 6.07. The number of ether oxygens (including phenoxy) is 1. The van der Waals surface area contributed by atoms with Crippen LogP contribution in [0.15, 0.2) is 41.0 Å². The highest BCUT2D eigenvalue weighted by atomic mass is 16.5. The van der Waals surface area contributed by atoms with E-state index in [4.69, 9.17) is 4.74 Å². The van der Waals surface area contributed by atoms with Gasteiger partial charge in [-0.25, -0.2) is 0 Å². The second kappa shape index (κ2) is 4.81. The van der Waals surface area contributed by atoms with E-state index >= 15 is 0 Å².